The van der Waals surface area contributed by atoms with Gasteiger partial charge >= 0.3 is 11.8 Å². The third-order valence-corrected chi connectivity index (χ3v) is 4.10. The summed E-state index contributed by atoms with van der Waals surface area (Å²) in [5.41, 5.74) is 3.53. The van der Waals surface area contributed by atoms with Gasteiger partial charge in [-0.3, -0.25) is 9.59 Å². The second kappa shape index (κ2) is 11.7. The third-order valence-electron chi connectivity index (χ3n) is 3.73. The van der Waals surface area contributed by atoms with E-state index in [2.05, 4.69) is 15.8 Å². The minimum atomic E-state index is -0.890. The van der Waals surface area contributed by atoms with Crippen molar-refractivity contribution in [1.82, 2.24) is 10.7 Å². The molecule has 8 nitrogen and oxygen atoms in total. The Kier molecular flexibility index (Phi) is 8.94. The summed E-state index contributed by atoms with van der Waals surface area (Å²) < 4.78 is 16.0. The molecule has 2 aromatic carbocycles. The fourth-order valence-corrected chi connectivity index (χ4v) is 2.46. The molecule has 0 fully saturated rings. The highest BCUT2D eigenvalue weighted by Crippen LogP contribution is 2.31. The summed E-state index contributed by atoms with van der Waals surface area (Å²) in [6.07, 6.45) is 1.37. The van der Waals surface area contributed by atoms with Crippen molar-refractivity contribution in [3.8, 4) is 11.5 Å². The lowest BCUT2D eigenvalue weighted by Crippen LogP contribution is -2.39. The standard InChI is InChI=1S/C20H22ClN3O5/c1-27-11-10-22-19(25)20(26)24-23-12-14-7-5-9-17(28-2)18(14)29-13-15-6-3-4-8-16(15)21/h3-9,12H,10-11,13H2,1-2H3,(H,22,25)(H,24,26)/b23-12-. The smallest absolute Gasteiger partial charge is 0.329 e. The highest BCUT2D eigenvalue weighted by atomic mass is 35.5. The number of nitrogens with one attached hydrogen (secondary N) is 2. The van der Waals surface area contributed by atoms with Gasteiger partial charge in [-0.1, -0.05) is 35.9 Å². The zero-order valence-corrected chi connectivity index (χ0v) is 16.9. The van der Waals surface area contributed by atoms with Gasteiger partial charge in [0.1, 0.15) is 6.61 Å². The van der Waals surface area contributed by atoms with Crippen LogP contribution in [-0.4, -0.2) is 45.4 Å². The van der Waals surface area contributed by atoms with Crippen LogP contribution in [0.4, 0.5) is 0 Å². The summed E-state index contributed by atoms with van der Waals surface area (Å²) in [5, 5.41) is 6.81. The highest BCUT2D eigenvalue weighted by molar-refractivity contribution is 6.35. The molecule has 0 atom stereocenters. The molecule has 0 heterocycles. The predicted octanol–water partition coefficient (Wildman–Crippen LogP) is 2.14. The Balaban J connectivity index is 2.06. The number of rotatable bonds is 9. The van der Waals surface area contributed by atoms with E-state index >= 15 is 0 Å². The molecule has 2 N–H and O–H groups in total. The Morgan fingerprint density at radius 2 is 1.90 bits per heavy atom. The van der Waals surface area contributed by atoms with E-state index in [4.69, 9.17) is 25.8 Å². The molecule has 0 radical (unpaired) electrons. The van der Waals surface area contributed by atoms with Gasteiger partial charge in [-0.25, -0.2) is 5.43 Å². The first-order valence-electron chi connectivity index (χ1n) is 8.70. The molecule has 2 aromatic rings. The van der Waals surface area contributed by atoms with E-state index < -0.39 is 11.8 Å². The van der Waals surface area contributed by atoms with Gasteiger partial charge in [-0.2, -0.15) is 5.10 Å². The summed E-state index contributed by atoms with van der Waals surface area (Å²) in [6.45, 7) is 0.746. The number of hydrazone groups is 1. The summed E-state index contributed by atoms with van der Waals surface area (Å²) in [5.74, 6) is -0.777. The van der Waals surface area contributed by atoms with Crippen LogP contribution >= 0.6 is 11.6 Å². The van der Waals surface area contributed by atoms with Crippen LogP contribution in [0.1, 0.15) is 11.1 Å². The minimum absolute atomic E-state index is 0.217. The van der Waals surface area contributed by atoms with Crippen LogP contribution in [0.25, 0.3) is 0 Å². The number of halogens is 1. The van der Waals surface area contributed by atoms with Gasteiger partial charge in [-0.15, -0.1) is 0 Å². The Bertz CT molecular complexity index is 873. The maximum absolute atomic E-state index is 11.7. The zero-order chi connectivity index (χ0) is 21.1. The summed E-state index contributed by atoms with van der Waals surface area (Å²) in [4.78, 5) is 23.3. The van der Waals surface area contributed by atoms with Crippen molar-refractivity contribution in [2.24, 2.45) is 5.10 Å². The van der Waals surface area contributed by atoms with Crippen molar-refractivity contribution < 1.29 is 23.8 Å². The summed E-state index contributed by atoms with van der Waals surface area (Å²) in [7, 11) is 3.01. The average molecular weight is 420 g/mol. The molecule has 29 heavy (non-hydrogen) atoms. The largest absolute Gasteiger partial charge is 0.493 e. The lowest BCUT2D eigenvalue weighted by molar-refractivity contribution is -0.139. The van der Waals surface area contributed by atoms with Crippen LogP contribution in [0, 0.1) is 0 Å². The average Bonchev–Trinajstić information content (AvgIpc) is 2.73. The third kappa shape index (κ3) is 6.78. The van der Waals surface area contributed by atoms with Crippen molar-refractivity contribution in [2.45, 2.75) is 6.61 Å². The van der Waals surface area contributed by atoms with Crippen LogP contribution in [0.15, 0.2) is 47.6 Å². The molecule has 0 aliphatic rings. The molecule has 0 spiro atoms. The van der Waals surface area contributed by atoms with Crippen LogP contribution in [0.5, 0.6) is 11.5 Å². The fourth-order valence-electron chi connectivity index (χ4n) is 2.27. The number of methoxy groups -OCH3 is 2. The second-order valence-electron chi connectivity index (χ2n) is 5.71. The van der Waals surface area contributed by atoms with Crippen molar-refractivity contribution >= 4 is 29.6 Å². The Morgan fingerprint density at radius 3 is 2.62 bits per heavy atom. The van der Waals surface area contributed by atoms with E-state index in [9.17, 15) is 9.59 Å². The zero-order valence-electron chi connectivity index (χ0n) is 16.1. The van der Waals surface area contributed by atoms with E-state index in [0.29, 0.717) is 28.7 Å². The Hall–Kier alpha value is -3.10. The molecule has 9 heteroatoms. The van der Waals surface area contributed by atoms with Crippen molar-refractivity contribution in [3.05, 3.63) is 58.6 Å². The van der Waals surface area contributed by atoms with Gasteiger partial charge < -0.3 is 19.5 Å². The number of benzene rings is 2. The van der Waals surface area contributed by atoms with E-state index in [1.807, 2.05) is 18.2 Å². The Morgan fingerprint density at radius 1 is 1.10 bits per heavy atom. The molecule has 0 aliphatic heterocycles. The van der Waals surface area contributed by atoms with Crippen LogP contribution < -0.4 is 20.2 Å². The molecule has 0 aromatic heterocycles. The maximum Gasteiger partial charge on any atom is 0.329 e. The summed E-state index contributed by atoms with van der Waals surface area (Å²) in [6, 6.07) is 12.6. The first kappa shape index (κ1) is 22.2. The molecular weight excluding hydrogens is 398 g/mol. The quantitative estimate of drug-likeness (QED) is 0.281. The fraction of sp³-hybridized carbons (Fsp3) is 0.250. The number of nitrogens with zero attached hydrogens (tertiary/aromatic N) is 1. The monoisotopic (exact) mass is 419 g/mol. The molecular formula is C20H22ClN3O5. The number of amides is 2. The van der Waals surface area contributed by atoms with Gasteiger partial charge in [0.05, 0.1) is 19.9 Å². The van der Waals surface area contributed by atoms with E-state index in [1.165, 1.54) is 20.4 Å². The SMILES string of the molecule is COCCNC(=O)C(=O)N/N=C\c1cccc(OC)c1OCc1ccccc1Cl. The van der Waals surface area contributed by atoms with Gasteiger partial charge in [0.15, 0.2) is 11.5 Å². The topological polar surface area (TPSA) is 98.2 Å². The second-order valence-corrected chi connectivity index (χ2v) is 6.11. The number of ether oxygens (including phenoxy) is 3. The highest BCUT2D eigenvalue weighted by Gasteiger charge is 2.13. The molecule has 0 saturated heterocycles. The minimum Gasteiger partial charge on any atom is -0.493 e. The maximum atomic E-state index is 11.7. The van der Waals surface area contributed by atoms with Crippen LogP contribution in [0.2, 0.25) is 5.02 Å². The number of para-hydroxylation sites is 1. The van der Waals surface area contributed by atoms with Crippen LogP contribution in [-0.2, 0) is 20.9 Å². The molecule has 154 valence electrons. The van der Waals surface area contributed by atoms with Gasteiger partial charge in [-0.05, 0) is 18.2 Å². The molecule has 0 bridgehead atoms. The summed E-state index contributed by atoms with van der Waals surface area (Å²) >= 11 is 6.17. The number of hydrogen-bond donors (Lipinski definition) is 2. The van der Waals surface area contributed by atoms with Gasteiger partial charge in [0.2, 0.25) is 0 Å². The molecule has 2 amide bonds. The van der Waals surface area contributed by atoms with Crippen molar-refractivity contribution in [1.29, 1.82) is 0 Å². The molecule has 0 saturated carbocycles. The van der Waals surface area contributed by atoms with Gasteiger partial charge in [0.25, 0.3) is 0 Å². The first-order valence-corrected chi connectivity index (χ1v) is 9.08. The number of carbonyl (C=O) groups is 2. The van der Waals surface area contributed by atoms with Crippen LogP contribution in [0.3, 0.4) is 0 Å². The number of hydrogen-bond acceptors (Lipinski definition) is 6. The lowest BCUT2D eigenvalue weighted by atomic mass is 10.2. The van der Waals surface area contributed by atoms with Gasteiger partial charge in [0, 0.05) is 29.8 Å². The normalized spacial score (nSPS) is 10.6. The van der Waals surface area contributed by atoms with E-state index in [-0.39, 0.29) is 13.2 Å². The molecule has 0 aliphatic carbocycles. The molecule has 0 unspecified atom stereocenters. The molecule has 2 rings (SSSR count). The lowest BCUT2D eigenvalue weighted by Gasteiger charge is -2.13. The van der Waals surface area contributed by atoms with Crippen molar-refractivity contribution in [3.63, 3.8) is 0 Å². The Labute approximate surface area is 173 Å². The predicted molar refractivity (Wildman–Crippen MR) is 109 cm³/mol. The number of carbonyl (C=O) groups excluding carboxylic acids is 2. The van der Waals surface area contributed by atoms with E-state index in [0.717, 1.165) is 5.56 Å². The first-order chi connectivity index (χ1) is 14.1. The van der Waals surface area contributed by atoms with Crippen molar-refractivity contribution in [2.75, 3.05) is 27.4 Å². The van der Waals surface area contributed by atoms with E-state index in [1.54, 1.807) is 24.3 Å².